The first-order valence-electron chi connectivity index (χ1n) is 10.9. The Morgan fingerprint density at radius 2 is 1.69 bits per heavy atom. The minimum absolute atomic E-state index is 0.0557. The molecule has 1 aliphatic rings. The van der Waals surface area contributed by atoms with E-state index in [-0.39, 0.29) is 16.8 Å². The number of anilines is 1. The number of ether oxygens (including phenoxy) is 2. The number of hydrogen-bond acceptors (Lipinski definition) is 6. The zero-order chi connectivity index (χ0) is 25.8. The lowest BCUT2D eigenvalue weighted by Crippen LogP contribution is -2.31. The van der Waals surface area contributed by atoms with Crippen LogP contribution in [0, 0.1) is 0 Å². The van der Waals surface area contributed by atoms with E-state index >= 15 is 0 Å². The normalized spacial score (nSPS) is 15.4. The van der Waals surface area contributed by atoms with Crippen LogP contribution >= 0.6 is 0 Å². The van der Waals surface area contributed by atoms with Gasteiger partial charge < -0.3 is 19.7 Å². The summed E-state index contributed by atoms with van der Waals surface area (Å²) in [6.45, 7) is 0. The number of hydrogen-bond donors (Lipinski definition) is 2. The number of methoxy groups -OCH3 is 2. The van der Waals surface area contributed by atoms with Crippen molar-refractivity contribution in [2.45, 2.75) is 6.04 Å². The summed E-state index contributed by atoms with van der Waals surface area (Å²) in [5.41, 5.74) is 1.11. The van der Waals surface area contributed by atoms with Crippen LogP contribution in [0.5, 0.6) is 11.5 Å². The molecule has 8 nitrogen and oxygen atoms in total. The Bertz CT molecular complexity index is 1390. The smallest absolute Gasteiger partial charge is 0.335 e. The molecule has 0 spiro atoms. The van der Waals surface area contributed by atoms with E-state index in [4.69, 9.17) is 9.47 Å². The highest BCUT2D eigenvalue weighted by Crippen LogP contribution is 2.45. The molecule has 0 fully saturated rings. The number of aromatic carboxylic acids is 1. The molecule has 0 bridgehead atoms. The van der Waals surface area contributed by atoms with Gasteiger partial charge in [0, 0.05) is 11.3 Å². The van der Waals surface area contributed by atoms with Crippen molar-refractivity contribution in [2.75, 3.05) is 19.1 Å². The Labute approximate surface area is 207 Å². The summed E-state index contributed by atoms with van der Waals surface area (Å²) in [7, 11) is 2.92. The highest BCUT2D eigenvalue weighted by Gasteiger charge is 2.45. The maximum atomic E-state index is 13.4. The fraction of sp³-hybridized carbons (Fsp3) is 0.107. The fourth-order valence-corrected chi connectivity index (χ4v) is 4.09. The molecule has 0 aliphatic carbocycles. The molecule has 1 amide bonds. The molecular formula is C28H23NO7. The van der Waals surface area contributed by atoms with Gasteiger partial charge in [0.25, 0.3) is 5.91 Å². The van der Waals surface area contributed by atoms with Gasteiger partial charge in [0.2, 0.25) is 0 Å². The second kappa shape index (κ2) is 10.2. The first-order valence-corrected chi connectivity index (χ1v) is 10.9. The first kappa shape index (κ1) is 24.3. The maximum Gasteiger partial charge on any atom is 0.335 e. The number of nitrogens with zero attached hydrogens (tertiary/aromatic N) is 1. The van der Waals surface area contributed by atoms with Crippen LogP contribution in [0.1, 0.15) is 27.5 Å². The molecule has 2 N–H and O–H groups in total. The third kappa shape index (κ3) is 4.56. The second-order valence-corrected chi connectivity index (χ2v) is 7.91. The van der Waals surface area contributed by atoms with Crippen LogP contribution in [0.4, 0.5) is 5.69 Å². The number of benzene rings is 3. The average molecular weight is 485 g/mol. The number of aliphatic hydroxyl groups excluding tert-OH is 1. The molecular weight excluding hydrogens is 462 g/mol. The molecule has 3 aromatic rings. The standard InChI is InChI=1S/C28H23NO7/c1-35-20-12-14-23(36-2)21(16-20)25-24(22(30)13-11-17-7-4-3-5-8-17)26(31)27(32)29(25)19-10-6-9-18(15-19)28(33)34/h3-16,25,31H,1-2H3,(H,33,34)/b13-11+. The van der Waals surface area contributed by atoms with Crippen molar-refractivity contribution in [1.29, 1.82) is 0 Å². The Hall–Kier alpha value is -4.85. The monoisotopic (exact) mass is 485 g/mol. The van der Waals surface area contributed by atoms with Crippen LogP contribution < -0.4 is 14.4 Å². The molecule has 1 atom stereocenters. The van der Waals surface area contributed by atoms with Crippen molar-refractivity contribution in [1.82, 2.24) is 0 Å². The SMILES string of the molecule is COc1ccc(OC)c(C2C(C(=O)/C=C/c3ccccc3)=C(O)C(=O)N2c2cccc(C(=O)O)c2)c1. The number of allylic oxidation sites excluding steroid dienone is 1. The van der Waals surface area contributed by atoms with E-state index in [0.717, 1.165) is 5.56 Å². The number of rotatable bonds is 8. The van der Waals surface area contributed by atoms with Gasteiger partial charge in [-0.05, 0) is 48.0 Å². The lowest BCUT2D eigenvalue weighted by molar-refractivity contribution is -0.117. The Kier molecular flexibility index (Phi) is 6.87. The number of carbonyl (C=O) groups excluding carboxylic acids is 2. The van der Waals surface area contributed by atoms with Crippen LogP contribution in [-0.2, 0) is 9.59 Å². The minimum Gasteiger partial charge on any atom is -0.503 e. The average Bonchev–Trinajstić information content (AvgIpc) is 3.17. The van der Waals surface area contributed by atoms with Crippen LogP contribution in [-0.4, -0.2) is 42.1 Å². The second-order valence-electron chi connectivity index (χ2n) is 7.91. The summed E-state index contributed by atoms with van der Waals surface area (Å²) in [4.78, 5) is 39.5. The molecule has 0 saturated heterocycles. The van der Waals surface area contributed by atoms with E-state index in [1.54, 1.807) is 24.3 Å². The fourth-order valence-electron chi connectivity index (χ4n) is 4.09. The van der Waals surface area contributed by atoms with Crippen LogP contribution in [0.15, 0.2) is 90.2 Å². The van der Waals surface area contributed by atoms with Crippen molar-refractivity contribution in [2.24, 2.45) is 0 Å². The molecule has 0 saturated carbocycles. The summed E-state index contributed by atoms with van der Waals surface area (Å²) in [6.07, 6.45) is 2.87. The zero-order valence-electron chi connectivity index (χ0n) is 19.5. The van der Waals surface area contributed by atoms with Gasteiger partial charge in [-0.1, -0.05) is 42.5 Å². The van der Waals surface area contributed by atoms with Gasteiger partial charge in [-0.3, -0.25) is 14.5 Å². The Morgan fingerprint density at radius 1 is 0.944 bits per heavy atom. The number of carbonyl (C=O) groups is 3. The third-order valence-electron chi connectivity index (χ3n) is 5.80. The largest absolute Gasteiger partial charge is 0.503 e. The predicted octanol–water partition coefficient (Wildman–Crippen LogP) is 4.58. The molecule has 1 heterocycles. The Morgan fingerprint density at radius 3 is 2.36 bits per heavy atom. The van der Waals surface area contributed by atoms with Crippen LogP contribution in [0.3, 0.4) is 0 Å². The quantitative estimate of drug-likeness (QED) is 0.449. The van der Waals surface area contributed by atoms with Gasteiger partial charge in [-0.15, -0.1) is 0 Å². The van der Waals surface area contributed by atoms with E-state index in [1.165, 1.54) is 49.5 Å². The molecule has 8 heteroatoms. The zero-order valence-corrected chi connectivity index (χ0v) is 19.5. The topological polar surface area (TPSA) is 113 Å². The number of aliphatic hydroxyl groups is 1. The van der Waals surface area contributed by atoms with Crippen LogP contribution in [0.25, 0.3) is 6.08 Å². The first-order chi connectivity index (χ1) is 17.3. The number of amides is 1. The van der Waals surface area contributed by atoms with Gasteiger partial charge in [0.15, 0.2) is 11.5 Å². The molecule has 4 rings (SSSR count). The van der Waals surface area contributed by atoms with Crippen molar-refractivity contribution in [3.8, 4) is 11.5 Å². The summed E-state index contributed by atoms with van der Waals surface area (Å²) < 4.78 is 10.9. The number of carboxylic acid groups (broad SMARTS) is 1. The highest BCUT2D eigenvalue weighted by molar-refractivity contribution is 6.20. The lowest BCUT2D eigenvalue weighted by Gasteiger charge is -2.28. The predicted molar refractivity (Wildman–Crippen MR) is 133 cm³/mol. The van der Waals surface area contributed by atoms with E-state index in [1.807, 2.05) is 30.3 Å². The molecule has 36 heavy (non-hydrogen) atoms. The van der Waals surface area contributed by atoms with Crippen molar-refractivity contribution >= 4 is 29.4 Å². The third-order valence-corrected chi connectivity index (χ3v) is 5.80. The summed E-state index contributed by atoms with van der Waals surface area (Å²) in [6, 6.07) is 18.6. The van der Waals surface area contributed by atoms with E-state index in [9.17, 15) is 24.6 Å². The van der Waals surface area contributed by atoms with Gasteiger partial charge in [0.05, 0.1) is 31.4 Å². The summed E-state index contributed by atoms with van der Waals surface area (Å²) in [5.74, 6) is -2.55. The molecule has 1 aliphatic heterocycles. The van der Waals surface area contributed by atoms with Crippen molar-refractivity contribution in [3.05, 3.63) is 107 Å². The van der Waals surface area contributed by atoms with Gasteiger partial charge in [-0.25, -0.2) is 4.79 Å². The molecule has 0 aromatic heterocycles. The summed E-state index contributed by atoms with van der Waals surface area (Å²) >= 11 is 0. The highest BCUT2D eigenvalue weighted by atomic mass is 16.5. The minimum atomic E-state index is -1.18. The van der Waals surface area contributed by atoms with E-state index < -0.39 is 29.5 Å². The number of carboxylic acids is 1. The van der Waals surface area contributed by atoms with Gasteiger partial charge in [0.1, 0.15) is 11.5 Å². The molecule has 182 valence electrons. The maximum absolute atomic E-state index is 13.4. The summed E-state index contributed by atoms with van der Waals surface area (Å²) in [5, 5.41) is 20.4. The molecule has 0 radical (unpaired) electrons. The molecule has 1 unspecified atom stereocenters. The Balaban J connectivity index is 1.89. The number of ketones is 1. The van der Waals surface area contributed by atoms with Crippen molar-refractivity contribution in [3.63, 3.8) is 0 Å². The van der Waals surface area contributed by atoms with Crippen LogP contribution in [0.2, 0.25) is 0 Å². The van der Waals surface area contributed by atoms with Gasteiger partial charge >= 0.3 is 5.97 Å². The molecule has 3 aromatic carbocycles. The van der Waals surface area contributed by atoms with E-state index in [0.29, 0.717) is 17.1 Å². The van der Waals surface area contributed by atoms with Gasteiger partial charge in [-0.2, -0.15) is 0 Å². The van der Waals surface area contributed by atoms with E-state index in [2.05, 4.69) is 0 Å². The van der Waals surface area contributed by atoms with Crippen molar-refractivity contribution < 1.29 is 34.1 Å². The lowest BCUT2D eigenvalue weighted by atomic mass is 9.94.